The van der Waals surface area contributed by atoms with Crippen LogP contribution in [0, 0.1) is 0 Å². The zero-order valence-electron chi connectivity index (χ0n) is 9.69. The summed E-state index contributed by atoms with van der Waals surface area (Å²) in [6.45, 7) is 2.35. The van der Waals surface area contributed by atoms with Crippen LogP contribution >= 0.6 is 0 Å². The molecule has 0 fully saturated rings. The Kier molecular flexibility index (Phi) is 5.15. The van der Waals surface area contributed by atoms with E-state index in [9.17, 15) is 0 Å². The molecule has 0 unspecified atom stereocenters. The van der Waals surface area contributed by atoms with Crippen molar-refractivity contribution in [3.63, 3.8) is 0 Å². The molecule has 15 heavy (non-hydrogen) atoms. The maximum Gasteiger partial charge on any atom is 0.119 e. The third kappa shape index (κ3) is 4.81. The van der Waals surface area contributed by atoms with E-state index in [1.54, 1.807) is 7.11 Å². The van der Waals surface area contributed by atoms with Crippen LogP contribution in [0.15, 0.2) is 24.3 Å². The van der Waals surface area contributed by atoms with Gasteiger partial charge in [0, 0.05) is 6.54 Å². The molecule has 1 rings (SSSR count). The summed E-state index contributed by atoms with van der Waals surface area (Å²) in [6.07, 6.45) is 0. The number of rotatable bonds is 6. The first-order chi connectivity index (χ1) is 7.22. The summed E-state index contributed by atoms with van der Waals surface area (Å²) in [5.41, 5.74) is 1.15. The average Bonchev–Trinajstić information content (AvgIpc) is 2.24. The van der Waals surface area contributed by atoms with E-state index in [1.807, 2.05) is 38.4 Å². The Labute approximate surface area is 91.6 Å². The lowest BCUT2D eigenvalue weighted by Crippen LogP contribution is -2.17. The van der Waals surface area contributed by atoms with Crippen molar-refractivity contribution in [1.82, 2.24) is 4.90 Å². The molecule has 0 N–H and O–H groups in total. The van der Waals surface area contributed by atoms with E-state index in [0.29, 0.717) is 6.61 Å². The first-order valence-electron chi connectivity index (χ1n) is 5.08. The van der Waals surface area contributed by atoms with Crippen LogP contribution in [-0.2, 0) is 11.3 Å². The summed E-state index contributed by atoms with van der Waals surface area (Å²) in [4.78, 5) is 2.10. The molecule has 0 atom stereocenters. The third-order valence-electron chi connectivity index (χ3n) is 2.09. The van der Waals surface area contributed by atoms with Gasteiger partial charge in [-0.25, -0.2) is 0 Å². The van der Waals surface area contributed by atoms with E-state index >= 15 is 0 Å². The van der Waals surface area contributed by atoms with Gasteiger partial charge in [-0.1, -0.05) is 12.1 Å². The third-order valence-corrected chi connectivity index (χ3v) is 2.09. The van der Waals surface area contributed by atoms with E-state index < -0.39 is 0 Å². The van der Waals surface area contributed by atoms with Gasteiger partial charge in [0.05, 0.1) is 20.3 Å². The highest BCUT2D eigenvalue weighted by Gasteiger charge is 1.96. The Balaban J connectivity index is 2.30. The van der Waals surface area contributed by atoms with Crippen molar-refractivity contribution < 1.29 is 9.47 Å². The second-order valence-electron chi connectivity index (χ2n) is 3.71. The summed E-state index contributed by atoms with van der Waals surface area (Å²) in [7, 11) is 5.75. The van der Waals surface area contributed by atoms with E-state index in [2.05, 4.69) is 4.90 Å². The largest absolute Gasteiger partial charge is 0.497 e. The standard InChI is InChI=1S/C12H19NO2/c1-13(2)7-8-15-10-11-5-4-6-12(9-11)14-3/h4-6,9H,7-8,10H2,1-3H3. The second kappa shape index (κ2) is 6.43. The van der Waals surface area contributed by atoms with Crippen molar-refractivity contribution in [3.8, 4) is 5.75 Å². The quantitative estimate of drug-likeness (QED) is 0.666. The predicted octanol–water partition coefficient (Wildman–Crippen LogP) is 1.77. The molecule has 0 saturated carbocycles. The maximum absolute atomic E-state index is 5.53. The Morgan fingerprint density at radius 2 is 2.07 bits per heavy atom. The Hall–Kier alpha value is -1.06. The minimum absolute atomic E-state index is 0.644. The van der Waals surface area contributed by atoms with E-state index in [4.69, 9.17) is 9.47 Å². The molecule has 0 bridgehead atoms. The molecule has 0 aromatic heterocycles. The zero-order valence-corrected chi connectivity index (χ0v) is 9.69. The van der Waals surface area contributed by atoms with Gasteiger partial charge in [-0.05, 0) is 31.8 Å². The molecule has 1 aromatic carbocycles. The molecular formula is C12H19NO2. The molecule has 0 aliphatic rings. The minimum atomic E-state index is 0.644. The fourth-order valence-corrected chi connectivity index (χ4v) is 1.20. The number of nitrogens with zero attached hydrogens (tertiary/aromatic N) is 1. The van der Waals surface area contributed by atoms with Gasteiger partial charge >= 0.3 is 0 Å². The number of likely N-dealkylation sites (N-methyl/N-ethyl adjacent to an activating group) is 1. The van der Waals surface area contributed by atoms with Crippen LogP contribution in [-0.4, -0.2) is 39.3 Å². The van der Waals surface area contributed by atoms with Crippen molar-refractivity contribution in [2.45, 2.75) is 6.61 Å². The SMILES string of the molecule is COc1cccc(COCCN(C)C)c1. The number of hydrogen-bond donors (Lipinski definition) is 0. The molecule has 3 nitrogen and oxygen atoms in total. The van der Waals surface area contributed by atoms with Crippen molar-refractivity contribution in [1.29, 1.82) is 0 Å². The van der Waals surface area contributed by atoms with E-state index in [1.165, 1.54) is 0 Å². The number of ether oxygens (including phenoxy) is 2. The summed E-state index contributed by atoms with van der Waals surface area (Å²) >= 11 is 0. The molecular weight excluding hydrogens is 190 g/mol. The first-order valence-corrected chi connectivity index (χ1v) is 5.08. The van der Waals surface area contributed by atoms with Gasteiger partial charge in [0.25, 0.3) is 0 Å². The van der Waals surface area contributed by atoms with Crippen molar-refractivity contribution >= 4 is 0 Å². The Morgan fingerprint density at radius 3 is 2.73 bits per heavy atom. The number of benzene rings is 1. The van der Waals surface area contributed by atoms with Gasteiger partial charge < -0.3 is 14.4 Å². The lowest BCUT2D eigenvalue weighted by molar-refractivity contribution is 0.105. The highest BCUT2D eigenvalue weighted by atomic mass is 16.5. The molecule has 84 valence electrons. The fourth-order valence-electron chi connectivity index (χ4n) is 1.20. The Bertz CT molecular complexity index is 287. The first kappa shape index (κ1) is 12.0. The lowest BCUT2D eigenvalue weighted by Gasteiger charge is -2.10. The van der Waals surface area contributed by atoms with Gasteiger partial charge in [0.15, 0.2) is 0 Å². The van der Waals surface area contributed by atoms with Crippen LogP contribution in [0.1, 0.15) is 5.56 Å². The average molecular weight is 209 g/mol. The van der Waals surface area contributed by atoms with Crippen LogP contribution in [0.3, 0.4) is 0 Å². The maximum atomic E-state index is 5.53. The molecule has 1 aromatic rings. The summed E-state index contributed by atoms with van der Waals surface area (Å²) in [6, 6.07) is 7.95. The fraction of sp³-hybridized carbons (Fsp3) is 0.500. The number of methoxy groups -OCH3 is 1. The van der Waals surface area contributed by atoms with Crippen molar-refractivity contribution in [3.05, 3.63) is 29.8 Å². The zero-order chi connectivity index (χ0) is 11.1. The highest BCUT2D eigenvalue weighted by Crippen LogP contribution is 2.12. The van der Waals surface area contributed by atoms with Gasteiger partial charge in [-0.15, -0.1) is 0 Å². The van der Waals surface area contributed by atoms with Crippen LogP contribution in [0.2, 0.25) is 0 Å². The molecule has 0 aliphatic heterocycles. The monoisotopic (exact) mass is 209 g/mol. The summed E-state index contributed by atoms with van der Waals surface area (Å²) in [5.74, 6) is 0.878. The molecule has 0 saturated heterocycles. The van der Waals surface area contributed by atoms with Gasteiger partial charge in [-0.3, -0.25) is 0 Å². The van der Waals surface area contributed by atoms with Crippen LogP contribution in [0.25, 0.3) is 0 Å². The van der Waals surface area contributed by atoms with E-state index in [0.717, 1.165) is 24.5 Å². The van der Waals surface area contributed by atoms with Gasteiger partial charge in [-0.2, -0.15) is 0 Å². The summed E-state index contributed by atoms with van der Waals surface area (Å²) < 4.78 is 10.7. The van der Waals surface area contributed by atoms with Gasteiger partial charge in [0.1, 0.15) is 5.75 Å². The van der Waals surface area contributed by atoms with E-state index in [-0.39, 0.29) is 0 Å². The molecule has 3 heteroatoms. The molecule has 0 spiro atoms. The molecule has 0 heterocycles. The minimum Gasteiger partial charge on any atom is -0.497 e. The smallest absolute Gasteiger partial charge is 0.119 e. The lowest BCUT2D eigenvalue weighted by atomic mass is 10.2. The number of hydrogen-bond acceptors (Lipinski definition) is 3. The summed E-state index contributed by atoms with van der Waals surface area (Å²) in [5, 5.41) is 0. The van der Waals surface area contributed by atoms with Crippen LogP contribution in [0.5, 0.6) is 5.75 Å². The van der Waals surface area contributed by atoms with Crippen LogP contribution < -0.4 is 4.74 Å². The van der Waals surface area contributed by atoms with Crippen molar-refractivity contribution in [2.24, 2.45) is 0 Å². The molecule has 0 aliphatic carbocycles. The second-order valence-corrected chi connectivity index (χ2v) is 3.71. The molecule has 0 amide bonds. The molecule has 0 radical (unpaired) electrons. The highest BCUT2D eigenvalue weighted by molar-refractivity contribution is 5.27. The predicted molar refractivity (Wildman–Crippen MR) is 61.2 cm³/mol. The van der Waals surface area contributed by atoms with Crippen LogP contribution in [0.4, 0.5) is 0 Å². The topological polar surface area (TPSA) is 21.7 Å². The van der Waals surface area contributed by atoms with Gasteiger partial charge in [0.2, 0.25) is 0 Å². The van der Waals surface area contributed by atoms with Crippen molar-refractivity contribution in [2.75, 3.05) is 34.4 Å². The normalized spacial score (nSPS) is 10.7. The Morgan fingerprint density at radius 1 is 1.27 bits per heavy atom.